The average Bonchev–Trinajstić information content (AvgIpc) is 1.99. The SMILES string of the molecule is CCCCC1CC(C)CC(C)O1. The molecule has 3 unspecified atom stereocenters. The molecule has 1 saturated heterocycles. The molecule has 0 aromatic heterocycles. The van der Waals surface area contributed by atoms with E-state index in [1.807, 2.05) is 0 Å². The highest BCUT2D eigenvalue weighted by Crippen LogP contribution is 2.26. The van der Waals surface area contributed by atoms with Gasteiger partial charge in [0.2, 0.25) is 0 Å². The second-order valence-electron chi connectivity index (χ2n) is 4.29. The molecule has 0 bridgehead atoms. The molecule has 0 spiro atoms. The summed E-state index contributed by atoms with van der Waals surface area (Å²) in [4.78, 5) is 0. The normalized spacial score (nSPS) is 36.8. The zero-order chi connectivity index (χ0) is 8.97. The lowest BCUT2D eigenvalue weighted by atomic mass is 9.92. The van der Waals surface area contributed by atoms with Crippen LogP contribution in [-0.4, -0.2) is 12.2 Å². The highest BCUT2D eigenvalue weighted by molar-refractivity contribution is 4.72. The van der Waals surface area contributed by atoms with Gasteiger partial charge in [0.25, 0.3) is 0 Å². The van der Waals surface area contributed by atoms with Crippen LogP contribution in [0.4, 0.5) is 0 Å². The van der Waals surface area contributed by atoms with Gasteiger partial charge in [-0.15, -0.1) is 0 Å². The predicted octanol–water partition coefficient (Wildman–Crippen LogP) is 3.38. The molecule has 0 amide bonds. The third kappa shape index (κ3) is 3.14. The summed E-state index contributed by atoms with van der Waals surface area (Å²) in [5.41, 5.74) is 0. The summed E-state index contributed by atoms with van der Waals surface area (Å²) < 4.78 is 5.86. The average molecular weight is 170 g/mol. The van der Waals surface area contributed by atoms with Gasteiger partial charge in [-0.3, -0.25) is 0 Å². The van der Waals surface area contributed by atoms with Crippen LogP contribution in [0.1, 0.15) is 52.9 Å². The molecule has 0 aliphatic carbocycles. The zero-order valence-electron chi connectivity index (χ0n) is 8.68. The molecule has 0 radical (unpaired) electrons. The number of hydrogen-bond acceptors (Lipinski definition) is 1. The van der Waals surface area contributed by atoms with E-state index < -0.39 is 0 Å². The standard InChI is InChI=1S/C11H22O/c1-4-5-6-11-8-9(2)7-10(3)12-11/h9-11H,4-8H2,1-3H3. The van der Waals surface area contributed by atoms with Crippen molar-refractivity contribution in [2.24, 2.45) is 5.92 Å². The van der Waals surface area contributed by atoms with Crippen molar-refractivity contribution in [3.05, 3.63) is 0 Å². The number of ether oxygens (including phenoxy) is 1. The maximum atomic E-state index is 5.86. The van der Waals surface area contributed by atoms with Crippen molar-refractivity contribution >= 4 is 0 Å². The van der Waals surface area contributed by atoms with Crippen LogP contribution in [-0.2, 0) is 4.74 Å². The van der Waals surface area contributed by atoms with Gasteiger partial charge in [-0.05, 0) is 32.1 Å². The Balaban J connectivity index is 2.24. The summed E-state index contributed by atoms with van der Waals surface area (Å²) in [6.45, 7) is 6.79. The summed E-state index contributed by atoms with van der Waals surface area (Å²) in [5, 5.41) is 0. The van der Waals surface area contributed by atoms with Crippen molar-refractivity contribution < 1.29 is 4.74 Å². The van der Waals surface area contributed by atoms with Crippen LogP contribution in [0.3, 0.4) is 0 Å². The Kier molecular flexibility index (Phi) is 4.07. The molecule has 1 nitrogen and oxygen atoms in total. The molecule has 0 aromatic rings. The summed E-state index contributed by atoms with van der Waals surface area (Å²) in [6.07, 6.45) is 7.48. The van der Waals surface area contributed by atoms with Crippen molar-refractivity contribution in [3.8, 4) is 0 Å². The second-order valence-corrected chi connectivity index (χ2v) is 4.29. The van der Waals surface area contributed by atoms with Crippen LogP contribution in [0.25, 0.3) is 0 Å². The fourth-order valence-electron chi connectivity index (χ4n) is 2.17. The van der Waals surface area contributed by atoms with E-state index in [2.05, 4.69) is 20.8 Å². The molecule has 1 fully saturated rings. The monoisotopic (exact) mass is 170 g/mol. The Morgan fingerprint density at radius 1 is 1.25 bits per heavy atom. The van der Waals surface area contributed by atoms with Crippen LogP contribution < -0.4 is 0 Å². The van der Waals surface area contributed by atoms with E-state index in [-0.39, 0.29) is 0 Å². The van der Waals surface area contributed by atoms with Gasteiger partial charge < -0.3 is 4.74 Å². The lowest BCUT2D eigenvalue weighted by Crippen LogP contribution is -2.29. The van der Waals surface area contributed by atoms with Gasteiger partial charge in [0.15, 0.2) is 0 Å². The molecule has 3 atom stereocenters. The highest BCUT2D eigenvalue weighted by Gasteiger charge is 2.23. The molecule has 0 aromatic carbocycles. The van der Waals surface area contributed by atoms with Gasteiger partial charge >= 0.3 is 0 Å². The zero-order valence-corrected chi connectivity index (χ0v) is 8.68. The first-order valence-corrected chi connectivity index (χ1v) is 5.37. The largest absolute Gasteiger partial charge is 0.375 e. The molecule has 1 rings (SSSR count). The van der Waals surface area contributed by atoms with Gasteiger partial charge in [-0.25, -0.2) is 0 Å². The first-order chi connectivity index (χ1) is 5.72. The van der Waals surface area contributed by atoms with E-state index in [0.717, 1.165) is 5.92 Å². The summed E-state index contributed by atoms with van der Waals surface area (Å²) in [6, 6.07) is 0. The molecule has 0 saturated carbocycles. The van der Waals surface area contributed by atoms with Crippen molar-refractivity contribution in [2.75, 3.05) is 0 Å². The first-order valence-electron chi connectivity index (χ1n) is 5.37. The summed E-state index contributed by atoms with van der Waals surface area (Å²) >= 11 is 0. The van der Waals surface area contributed by atoms with Crippen molar-refractivity contribution in [2.45, 2.75) is 65.1 Å². The maximum absolute atomic E-state index is 5.86. The maximum Gasteiger partial charge on any atom is 0.0581 e. The van der Waals surface area contributed by atoms with Gasteiger partial charge in [0.05, 0.1) is 12.2 Å². The van der Waals surface area contributed by atoms with E-state index in [4.69, 9.17) is 4.74 Å². The van der Waals surface area contributed by atoms with Gasteiger partial charge in [0.1, 0.15) is 0 Å². The second kappa shape index (κ2) is 4.86. The number of hydrogen-bond donors (Lipinski definition) is 0. The van der Waals surface area contributed by atoms with Gasteiger partial charge in [-0.2, -0.15) is 0 Å². The molecule has 72 valence electrons. The lowest BCUT2D eigenvalue weighted by molar-refractivity contribution is -0.0623. The smallest absolute Gasteiger partial charge is 0.0581 e. The Hall–Kier alpha value is -0.0400. The van der Waals surface area contributed by atoms with E-state index in [9.17, 15) is 0 Å². The topological polar surface area (TPSA) is 9.23 Å². The summed E-state index contributed by atoms with van der Waals surface area (Å²) in [7, 11) is 0. The van der Waals surface area contributed by atoms with E-state index in [0.29, 0.717) is 12.2 Å². The molecule has 12 heavy (non-hydrogen) atoms. The van der Waals surface area contributed by atoms with Crippen molar-refractivity contribution in [1.82, 2.24) is 0 Å². The van der Waals surface area contributed by atoms with Crippen LogP contribution in [0, 0.1) is 5.92 Å². The molecular formula is C11H22O. The van der Waals surface area contributed by atoms with Crippen LogP contribution >= 0.6 is 0 Å². The van der Waals surface area contributed by atoms with E-state index in [1.54, 1.807) is 0 Å². The quantitative estimate of drug-likeness (QED) is 0.631. The predicted molar refractivity (Wildman–Crippen MR) is 52.3 cm³/mol. The van der Waals surface area contributed by atoms with Gasteiger partial charge in [-0.1, -0.05) is 26.7 Å². The number of rotatable bonds is 3. The van der Waals surface area contributed by atoms with E-state index in [1.165, 1.54) is 32.1 Å². The Morgan fingerprint density at radius 3 is 2.58 bits per heavy atom. The minimum absolute atomic E-state index is 0.496. The fourth-order valence-corrected chi connectivity index (χ4v) is 2.17. The Morgan fingerprint density at radius 2 is 2.00 bits per heavy atom. The molecule has 0 N–H and O–H groups in total. The Labute approximate surface area is 76.5 Å². The van der Waals surface area contributed by atoms with Gasteiger partial charge in [0, 0.05) is 0 Å². The first kappa shape index (κ1) is 10.0. The molecule has 1 aliphatic heterocycles. The number of unbranched alkanes of at least 4 members (excludes halogenated alkanes) is 1. The summed E-state index contributed by atoms with van der Waals surface area (Å²) in [5.74, 6) is 0.871. The fraction of sp³-hybridized carbons (Fsp3) is 1.00. The molecule has 1 aliphatic rings. The van der Waals surface area contributed by atoms with E-state index >= 15 is 0 Å². The minimum atomic E-state index is 0.496. The molecular weight excluding hydrogens is 148 g/mol. The van der Waals surface area contributed by atoms with Crippen LogP contribution in [0.15, 0.2) is 0 Å². The minimum Gasteiger partial charge on any atom is -0.375 e. The highest BCUT2D eigenvalue weighted by atomic mass is 16.5. The van der Waals surface area contributed by atoms with Crippen LogP contribution in [0.5, 0.6) is 0 Å². The molecule has 1 heterocycles. The third-order valence-electron chi connectivity index (χ3n) is 2.70. The van der Waals surface area contributed by atoms with Crippen molar-refractivity contribution in [1.29, 1.82) is 0 Å². The Bertz CT molecular complexity index is 112. The molecule has 1 heteroatoms. The lowest BCUT2D eigenvalue weighted by Gasteiger charge is -2.32. The van der Waals surface area contributed by atoms with Crippen molar-refractivity contribution in [3.63, 3.8) is 0 Å². The third-order valence-corrected chi connectivity index (χ3v) is 2.70. The van der Waals surface area contributed by atoms with Crippen LogP contribution in [0.2, 0.25) is 0 Å².